The van der Waals surface area contributed by atoms with Gasteiger partial charge in [0.15, 0.2) is 6.29 Å². The molecule has 4 heteroatoms. The average molecular weight is 200 g/mol. The van der Waals surface area contributed by atoms with E-state index in [1.165, 1.54) is 12.8 Å². The molecule has 0 amide bonds. The zero-order chi connectivity index (χ0) is 9.97. The van der Waals surface area contributed by atoms with Gasteiger partial charge in [0.1, 0.15) is 0 Å². The van der Waals surface area contributed by atoms with Gasteiger partial charge in [0.2, 0.25) is 0 Å². The Bertz CT molecular complexity index is 181. The van der Waals surface area contributed by atoms with Crippen LogP contribution in [0.1, 0.15) is 12.8 Å². The SMILES string of the molecule is CN1CCC(C2OCC(CN)O2)CC1. The lowest BCUT2D eigenvalue weighted by Crippen LogP contribution is -2.36. The van der Waals surface area contributed by atoms with Crippen molar-refractivity contribution in [1.29, 1.82) is 0 Å². The summed E-state index contributed by atoms with van der Waals surface area (Å²) < 4.78 is 11.3. The first-order valence-electron chi connectivity index (χ1n) is 5.45. The van der Waals surface area contributed by atoms with Crippen molar-refractivity contribution in [2.24, 2.45) is 11.7 Å². The van der Waals surface area contributed by atoms with Crippen LogP contribution in [0.4, 0.5) is 0 Å². The molecule has 0 spiro atoms. The molecule has 2 N–H and O–H groups in total. The van der Waals surface area contributed by atoms with E-state index in [9.17, 15) is 0 Å². The average Bonchev–Trinajstić information content (AvgIpc) is 2.67. The van der Waals surface area contributed by atoms with E-state index in [2.05, 4.69) is 11.9 Å². The van der Waals surface area contributed by atoms with Crippen molar-refractivity contribution in [2.45, 2.75) is 25.2 Å². The molecule has 2 rings (SSSR count). The number of likely N-dealkylation sites (tertiary alicyclic amines) is 1. The minimum Gasteiger partial charge on any atom is -0.350 e. The summed E-state index contributed by atoms with van der Waals surface area (Å²) in [6.45, 7) is 3.55. The fraction of sp³-hybridized carbons (Fsp3) is 1.00. The molecule has 2 aliphatic rings. The molecule has 2 unspecified atom stereocenters. The molecule has 0 aliphatic carbocycles. The van der Waals surface area contributed by atoms with E-state index in [4.69, 9.17) is 15.2 Å². The predicted molar refractivity (Wildman–Crippen MR) is 53.9 cm³/mol. The monoisotopic (exact) mass is 200 g/mol. The third-order valence-corrected chi connectivity index (χ3v) is 3.18. The zero-order valence-electron chi connectivity index (χ0n) is 8.82. The maximum absolute atomic E-state index is 5.72. The molecule has 2 aliphatic heterocycles. The summed E-state index contributed by atoms with van der Waals surface area (Å²) >= 11 is 0. The molecule has 0 aromatic rings. The van der Waals surface area contributed by atoms with E-state index < -0.39 is 0 Å². The minimum atomic E-state index is 0.0113. The van der Waals surface area contributed by atoms with Crippen molar-refractivity contribution in [3.8, 4) is 0 Å². The zero-order valence-corrected chi connectivity index (χ0v) is 8.82. The van der Waals surface area contributed by atoms with Crippen molar-refractivity contribution in [3.05, 3.63) is 0 Å². The molecule has 0 aromatic carbocycles. The highest BCUT2D eigenvalue weighted by Gasteiger charge is 2.33. The van der Waals surface area contributed by atoms with Crippen LogP contribution in [0.25, 0.3) is 0 Å². The lowest BCUT2D eigenvalue weighted by atomic mass is 9.97. The summed E-state index contributed by atoms with van der Waals surface area (Å²) in [6, 6.07) is 0. The van der Waals surface area contributed by atoms with Crippen molar-refractivity contribution in [3.63, 3.8) is 0 Å². The van der Waals surface area contributed by atoms with Crippen molar-refractivity contribution < 1.29 is 9.47 Å². The maximum atomic E-state index is 5.72. The van der Waals surface area contributed by atoms with Gasteiger partial charge in [-0.1, -0.05) is 0 Å². The smallest absolute Gasteiger partial charge is 0.161 e. The normalized spacial score (nSPS) is 36.4. The molecule has 4 nitrogen and oxygen atoms in total. The second-order valence-electron chi connectivity index (χ2n) is 4.34. The van der Waals surface area contributed by atoms with Crippen LogP contribution in [0.3, 0.4) is 0 Å². The van der Waals surface area contributed by atoms with Crippen LogP contribution in [0.5, 0.6) is 0 Å². The fourth-order valence-electron chi connectivity index (χ4n) is 2.14. The highest BCUT2D eigenvalue weighted by molar-refractivity contribution is 4.77. The molecular formula is C10H20N2O2. The topological polar surface area (TPSA) is 47.7 Å². The Morgan fingerprint density at radius 2 is 2.07 bits per heavy atom. The Morgan fingerprint density at radius 3 is 2.64 bits per heavy atom. The lowest BCUT2D eigenvalue weighted by molar-refractivity contribution is -0.107. The van der Waals surface area contributed by atoms with Gasteiger partial charge < -0.3 is 20.1 Å². The largest absolute Gasteiger partial charge is 0.350 e. The molecule has 14 heavy (non-hydrogen) atoms. The number of nitrogens with zero attached hydrogens (tertiary/aromatic N) is 1. The quantitative estimate of drug-likeness (QED) is 0.683. The van der Waals surface area contributed by atoms with Crippen LogP contribution in [0.2, 0.25) is 0 Å². The molecule has 2 atom stereocenters. The van der Waals surface area contributed by atoms with E-state index in [1.54, 1.807) is 0 Å². The summed E-state index contributed by atoms with van der Waals surface area (Å²) in [5.74, 6) is 0.572. The number of ether oxygens (including phenoxy) is 2. The second kappa shape index (κ2) is 4.57. The number of hydrogen-bond acceptors (Lipinski definition) is 4. The molecule has 82 valence electrons. The van der Waals surface area contributed by atoms with Crippen molar-refractivity contribution in [1.82, 2.24) is 4.90 Å². The Labute approximate surface area is 85.3 Å². The van der Waals surface area contributed by atoms with Crippen LogP contribution < -0.4 is 5.73 Å². The van der Waals surface area contributed by atoms with E-state index in [0.717, 1.165) is 13.1 Å². The molecule has 2 saturated heterocycles. The third-order valence-electron chi connectivity index (χ3n) is 3.18. The van der Waals surface area contributed by atoms with Gasteiger partial charge in [0.05, 0.1) is 12.7 Å². The predicted octanol–water partition coefficient (Wildman–Crippen LogP) is 0.0284. The maximum Gasteiger partial charge on any atom is 0.161 e. The lowest BCUT2D eigenvalue weighted by Gasteiger charge is -2.31. The number of piperidine rings is 1. The van der Waals surface area contributed by atoms with Gasteiger partial charge in [0.25, 0.3) is 0 Å². The third kappa shape index (κ3) is 2.25. The Kier molecular flexibility index (Phi) is 3.38. The highest BCUT2D eigenvalue weighted by Crippen LogP contribution is 2.26. The standard InChI is InChI=1S/C10H20N2O2/c1-12-4-2-8(3-5-12)10-13-7-9(6-11)14-10/h8-10H,2-7,11H2,1H3. The Balaban J connectivity index is 1.79. The van der Waals surface area contributed by atoms with E-state index >= 15 is 0 Å². The molecular weight excluding hydrogens is 180 g/mol. The summed E-state index contributed by atoms with van der Waals surface area (Å²) in [5, 5.41) is 0. The molecule has 0 radical (unpaired) electrons. The van der Waals surface area contributed by atoms with Crippen LogP contribution >= 0.6 is 0 Å². The van der Waals surface area contributed by atoms with E-state index in [0.29, 0.717) is 19.1 Å². The summed E-state index contributed by atoms with van der Waals surface area (Å²) in [4.78, 5) is 2.35. The molecule has 2 heterocycles. The Morgan fingerprint density at radius 1 is 1.36 bits per heavy atom. The van der Waals surface area contributed by atoms with Gasteiger partial charge in [-0.05, 0) is 33.0 Å². The first kappa shape index (κ1) is 10.4. The Hall–Kier alpha value is -0.160. The second-order valence-corrected chi connectivity index (χ2v) is 4.34. The van der Waals surface area contributed by atoms with Gasteiger partial charge in [-0.25, -0.2) is 0 Å². The molecule has 0 saturated carbocycles. The molecule has 0 aromatic heterocycles. The summed E-state index contributed by atoms with van der Waals surface area (Å²) in [7, 11) is 2.16. The number of hydrogen-bond donors (Lipinski definition) is 1. The van der Waals surface area contributed by atoms with Crippen molar-refractivity contribution in [2.75, 3.05) is 33.3 Å². The first-order valence-corrected chi connectivity index (χ1v) is 5.45. The van der Waals surface area contributed by atoms with Gasteiger partial charge >= 0.3 is 0 Å². The van der Waals surface area contributed by atoms with Gasteiger partial charge in [0, 0.05) is 12.5 Å². The molecule has 0 bridgehead atoms. The fourth-order valence-corrected chi connectivity index (χ4v) is 2.14. The van der Waals surface area contributed by atoms with Crippen LogP contribution in [-0.4, -0.2) is 50.6 Å². The summed E-state index contributed by atoms with van der Waals surface area (Å²) in [5.41, 5.74) is 5.53. The number of rotatable bonds is 2. The van der Waals surface area contributed by atoms with Gasteiger partial charge in [-0.3, -0.25) is 0 Å². The summed E-state index contributed by atoms with van der Waals surface area (Å²) in [6.07, 6.45) is 2.49. The van der Waals surface area contributed by atoms with Gasteiger partial charge in [-0.2, -0.15) is 0 Å². The van der Waals surface area contributed by atoms with E-state index in [-0.39, 0.29) is 12.4 Å². The number of nitrogens with two attached hydrogens (primary N) is 1. The van der Waals surface area contributed by atoms with Crippen molar-refractivity contribution >= 4 is 0 Å². The first-order chi connectivity index (χ1) is 6.79. The molecule has 2 fully saturated rings. The van der Waals surface area contributed by atoms with E-state index in [1.807, 2.05) is 0 Å². The minimum absolute atomic E-state index is 0.0113. The van der Waals surface area contributed by atoms with Crippen LogP contribution in [0.15, 0.2) is 0 Å². The van der Waals surface area contributed by atoms with Gasteiger partial charge in [-0.15, -0.1) is 0 Å². The van der Waals surface area contributed by atoms with Crippen LogP contribution in [0, 0.1) is 5.92 Å². The highest BCUT2D eigenvalue weighted by atomic mass is 16.7. The van der Waals surface area contributed by atoms with Crippen LogP contribution in [-0.2, 0) is 9.47 Å².